The Morgan fingerprint density at radius 3 is 3.07 bits per heavy atom. The van der Waals surface area contributed by atoms with Gasteiger partial charge >= 0.3 is 5.76 Å². The number of benzene rings is 1. The molecular formula is C11H9NO3. The van der Waals surface area contributed by atoms with Crippen molar-refractivity contribution >= 4 is 23.5 Å². The summed E-state index contributed by atoms with van der Waals surface area (Å²) in [6.07, 6.45) is 4.76. The number of aldehydes is 1. The number of aromatic amines is 1. The second-order valence-corrected chi connectivity index (χ2v) is 3.07. The topological polar surface area (TPSA) is 63.1 Å². The minimum atomic E-state index is -0.459. The fourth-order valence-electron chi connectivity index (χ4n) is 1.33. The van der Waals surface area contributed by atoms with E-state index in [-0.39, 0.29) is 0 Å². The van der Waals surface area contributed by atoms with Crippen molar-refractivity contribution in [2.24, 2.45) is 0 Å². The van der Waals surface area contributed by atoms with Crippen LogP contribution in [0.4, 0.5) is 0 Å². The van der Waals surface area contributed by atoms with Gasteiger partial charge < -0.3 is 9.21 Å². The average molecular weight is 203 g/mol. The van der Waals surface area contributed by atoms with Gasteiger partial charge in [0.1, 0.15) is 6.29 Å². The van der Waals surface area contributed by atoms with E-state index in [9.17, 15) is 9.59 Å². The number of aromatic nitrogens is 1. The van der Waals surface area contributed by atoms with E-state index >= 15 is 0 Å². The van der Waals surface area contributed by atoms with Crippen LogP contribution >= 0.6 is 0 Å². The Kier molecular flexibility index (Phi) is 2.49. The monoisotopic (exact) mass is 203 g/mol. The number of allylic oxidation sites excluding steroid dienone is 1. The van der Waals surface area contributed by atoms with Gasteiger partial charge in [0.2, 0.25) is 0 Å². The molecule has 15 heavy (non-hydrogen) atoms. The van der Waals surface area contributed by atoms with Crippen LogP contribution in [0.3, 0.4) is 0 Å². The van der Waals surface area contributed by atoms with Gasteiger partial charge in [-0.3, -0.25) is 4.98 Å². The number of rotatable bonds is 3. The van der Waals surface area contributed by atoms with Crippen molar-refractivity contribution in [1.29, 1.82) is 0 Å². The number of carbonyl (C=O) groups excluding carboxylic acids is 1. The second kappa shape index (κ2) is 3.96. The molecule has 0 spiro atoms. The standard InChI is InChI=1S/C11H9NO3/c13-6-2-1-3-8-4-5-9-10(7-8)15-11(14)12-9/h1,3-7H,2H2,(H,12,14). The molecule has 0 saturated carbocycles. The molecule has 0 saturated heterocycles. The summed E-state index contributed by atoms with van der Waals surface area (Å²) in [6, 6.07) is 5.35. The number of fused-ring (bicyclic) bond motifs is 1. The first-order chi connectivity index (χ1) is 7.29. The van der Waals surface area contributed by atoms with Crippen molar-refractivity contribution in [3.63, 3.8) is 0 Å². The van der Waals surface area contributed by atoms with Crippen molar-refractivity contribution < 1.29 is 9.21 Å². The molecule has 0 fully saturated rings. The molecule has 4 heteroatoms. The number of nitrogens with one attached hydrogen (secondary N) is 1. The minimum Gasteiger partial charge on any atom is -0.408 e. The Bertz CT molecular complexity index is 562. The van der Waals surface area contributed by atoms with Gasteiger partial charge in [0.05, 0.1) is 5.52 Å². The fourth-order valence-corrected chi connectivity index (χ4v) is 1.33. The molecule has 0 aliphatic heterocycles. The van der Waals surface area contributed by atoms with Crippen LogP contribution in [0.2, 0.25) is 0 Å². The van der Waals surface area contributed by atoms with E-state index < -0.39 is 5.76 Å². The predicted octanol–water partition coefficient (Wildman–Crippen LogP) is 1.72. The largest absolute Gasteiger partial charge is 0.417 e. The summed E-state index contributed by atoms with van der Waals surface area (Å²) in [4.78, 5) is 23.5. The quantitative estimate of drug-likeness (QED) is 0.772. The van der Waals surface area contributed by atoms with Gasteiger partial charge in [0, 0.05) is 6.42 Å². The van der Waals surface area contributed by atoms with Gasteiger partial charge in [-0.15, -0.1) is 0 Å². The number of carbonyl (C=O) groups is 1. The zero-order valence-corrected chi connectivity index (χ0v) is 7.90. The lowest BCUT2D eigenvalue weighted by molar-refractivity contribution is -0.107. The summed E-state index contributed by atoms with van der Waals surface area (Å²) in [5.41, 5.74) is 2.09. The molecule has 1 aromatic carbocycles. The first kappa shape index (κ1) is 9.45. The zero-order valence-electron chi connectivity index (χ0n) is 7.90. The first-order valence-corrected chi connectivity index (χ1v) is 4.52. The van der Waals surface area contributed by atoms with Crippen molar-refractivity contribution in [3.8, 4) is 0 Å². The molecule has 0 amide bonds. The highest BCUT2D eigenvalue weighted by molar-refractivity contribution is 5.75. The molecule has 0 unspecified atom stereocenters. The molecular weight excluding hydrogens is 194 g/mol. The Morgan fingerprint density at radius 1 is 1.40 bits per heavy atom. The lowest BCUT2D eigenvalue weighted by Gasteiger charge is -1.91. The van der Waals surface area contributed by atoms with E-state index in [1.54, 1.807) is 24.3 Å². The molecule has 0 aliphatic carbocycles. The van der Waals surface area contributed by atoms with Gasteiger partial charge in [0.15, 0.2) is 5.58 Å². The van der Waals surface area contributed by atoms with Crippen LogP contribution in [-0.4, -0.2) is 11.3 Å². The molecule has 0 atom stereocenters. The van der Waals surface area contributed by atoms with Crippen molar-refractivity contribution in [2.75, 3.05) is 0 Å². The van der Waals surface area contributed by atoms with Gasteiger partial charge in [-0.05, 0) is 17.7 Å². The molecule has 1 aromatic heterocycles. The van der Waals surface area contributed by atoms with Gasteiger partial charge in [-0.2, -0.15) is 0 Å². The van der Waals surface area contributed by atoms with Crippen LogP contribution in [0.25, 0.3) is 17.2 Å². The maximum Gasteiger partial charge on any atom is 0.417 e. The maximum atomic E-state index is 10.9. The third kappa shape index (κ3) is 2.04. The SMILES string of the molecule is O=CCC=Cc1ccc2[nH]c(=O)oc2c1. The third-order valence-electron chi connectivity index (χ3n) is 1.99. The third-order valence-corrected chi connectivity index (χ3v) is 1.99. The van der Waals surface area contributed by atoms with Crippen LogP contribution in [-0.2, 0) is 4.79 Å². The molecule has 76 valence electrons. The Hall–Kier alpha value is -2.10. The van der Waals surface area contributed by atoms with Crippen molar-refractivity contribution in [1.82, 2.24) is 4.98 Å². The highest BCUT2D eigenvalue weighted by Gasteiger charge is 1.99. The fraction of sp³-hybridized carbons (Fsp3) is 0.0909. The lowest BCUT2D eigenvalue weighted by atomic mass is 10.2. The summed E-state index contributed by atoms with van der Waals surface area (Å²) in [6.45, 7) is 0. The number of oxazole rings is 1. The molecule has 0 aliphatic rings. The summed E-state index contributed by atoms with van der Waals surface area (Å²) in [5, 5.41) is 0. The molecule has 0 bridgehead atoms. The minimum absolute atomic E-state index is 0.384. The molecule has 1 N–H and O–H groups in total. The Labute approximate surface area is 85.2 Å². The summed E-state index contributed by atoms with van der Waals surface area (Å²) < 4.78 is 4.90. The first-order valence-electron chi connectivity index (χ1n) is 4.52. The Balaban J connectivity index is 2.37. The number of hydrogen-bond donors (Lipinski definition) is 1. The molecule has 2 aromatic rings. The summed E-state index contributed by atoms with van der Waals surface area (Å²) in [7, 11) is 0. The highest BCUT2D eigenvalue weighted by Crippen LogP contribution is 2.13. The average Bonchev–Trinajstić information content (AvgIpc) is 2.57. The number of hydrogen-bond acceptors (Lipinski definition) is 3. The predicted molar refractivity (Wildman–Crippen MR) is 56.5 cm³/mol. The van der Waals surface area contributed by atoms with Gasteiger partial charge in [-0.1, -0.05) is 18.2 Å². The van der Waals surface area contributed by atoms with E-state index in [1.165, 1.54) is 0 Å². The molecule has 2 rings (SSSR count). The smallest absolute Gasteiger partial charge is 0.408 e. The van der Waals surface area contributed by atoms with Crippen molar-refractivity contribution in [2.45, 2.75) is 6.42 Å². The summed E-state index contributed by atoms with van der Waals surface area (Å²) >= 11 is 0. The van der Waals surface area contributed by atoms with Gasteiger partial charge in [0.25, 0.3) is 0 Å². The van der Waals surface area contributed by atoms with E-state index in [0.717, 1.165) is 11.8 Å². The van der Waals surface area contributed by atoms with E-state index in [1.807, 2.05) is 6.07 Å². The number of H-pyrrole nitrogens is 1. The van der Waals surface area contributed by atoms with Crippen LogP contribution in [0.5, 0.6) is 0 Å². The van der Waals surface area contributed by atoms with E-state index in [0.29, 0.717) is 17.5 Å². The lowest BCUT2D eigenvalue weighted by Crippen LogP contribution is -1.92. The van der Waals surface area contributed by atoms with E-state index in [4.69, 9.17) is 4.42 Å². The normalized spacial score (nSPS) is 11.2. The highest BCUT2D eigenvalue weighted by atomic mass is 16.4. The summed E-state index contributed by atoms with van der Waals surface area (Å²) in [5.74, 6) is -0.459. The molecule has 0 radical (unpaired) electrons. The van der Waals surface area contributed by atoms with Gasteiger partial charge in [-0.25, -0.2) is 4.79 Å². The van der Waals surface area contributed by atoms with Crippen LogP contribution in [0.15, 0.2) is 33.5 Å². The van der Waals surface area contributed by atoms with Crippen LogP contribution in [0.1, 0.15) is 12.0 Å². The molecule has 4 nitrogen and oxygen atoms in total. The second-order valence-electron chi connectivity index (χ2n) is 3.07. The van der Waals surface area contributed by atoms with Crippen LogP contribution in [0, 0.1) is 0 Å². The Morgan fingerprint density at radius 2 is 2.27 bits per heavy atom. The van der Waals surface area contributed by atoms with E-state index in [2.05, 4.69) is 4.98 Å². The van der Waals surface area contributed by atoms with Crippen molar-refractivity contribution in [3.05, 3.63) is 40.4 Å². The molecule has 1 heterocycles. The maximum absolute atomic E-state index is 10.9. The zero-order chi connectivity index (χ0) is 10.7. The van der Waals surface area contributed by atoms with Crippen LogP contribution < -0.4 is 5.76 Å².